The van der Waals surface area contributed by atoms with E-state index in [0.717, 1.165) is 19.3 Å². The molecule has 1 saturated heterocycles. The van der Waals surface area contributed by atoms with Gasteiger partial charge in [-0.05, 0) is 60.4 Å². The molecule has 2 atom stereocenters. The summed E-state index contributed by atoms with van der Waals surface area (Å²) in [6, 6.07) is 9.89. The monoisotopic (exact) mass is 500 g/mol. The van der Waals surface area contributed by atoms with Crippen LogP contribution in [0.2, 0.25) is 0 Å². The van der Waals surface area contributed by atoms with E-state index in [2.05, 4.69) is 13.5 Å². The molecule has 1 aliphatic rings. The molecule has 3 aromatic carbocycles. The standard InChI is InChI=1S/C30H29F5O/c1-3-5-22-12-10-21(17-36-22)23-14-15-25(30(35)28(23)33)24-13-11-20(27(32)29(24)34)9-8-19-7-6-18(4-2)16-26(19)31/h4,6-7,11,13-16,21-22H,2-3,5,8-10,12,17H2,1H3. The lowest BCUT2D eigenvalue weighted by Crippen LogP contribution is -2.25. The zero-order valence-corrected chi connectivity index (χ0v) is 20.2. The van der Waals surface area contributed by atoms with E-state index in [1.807, 2.05) is 0 Å². The Morgan fingerprint density at radius 1 is 0.833 bits per heavy atom. The first kappa shape index (κ1) is 26.1. The van der Waals surface area contributed by atoms with E-state index in [4.69, 9.17) is 4.74 Å². The third-order valence-electron chi connectivity index (χ3n) is 6.96. The molecule has 0 N–H and O–H groups in total. The topological polar surface area (TPSA) is 9.23 Å². The van der Waals surface area contributed by atoms with Crippen LogP contribution >= 0.6 is 0 Å². The van der Waals surface area contributed by atoms with Crippen molar-refractivity contribution in [3.8, 4) is 11.1 Å². The molecule has 0 radical (unpaired) electrons. The molecule has 4 rings (SSSR count). The maximum absolute atomic E-state index is 15.0. The second-order valence-corrected chi connectivity index (χ2v) is 9.30. The van der Waals surface area contributed by atoms with Crippen molar-refractivity contribution in [1.29, 1.82) is 0 Å². The van der Waals surface area contributed by atoms with Gasteiger partial charge < -0.3 is 4.74 Å². The SMILES string of the molecule is C=Cc1ccc(CCc2ccc(-c3ccc(C4CCC(CCC)OC4)c(F)c3F)c(F)c2F)c(F)c1. The number of benzene rings is 3. The fraction of sp³-hybridized carbons (Fsp3) is 0.333. The van der Waals surface area contributed by atoms with E-state index in [1.165, 1.54) is 36.4 Å². The Bertz CT molecular complexity index is 1240. The van der Waals surface area contributed by atoms with Gasteiger partial charge in [-0.3, -0.25) is 0 Å². The van der Waals surface area contributed by atoms with E-state index in [0.29, 0.717) is 24.2 Å². The summed E-state index contributed by atoms with van der Waals surface area (Å²) < 4.78 is 79.9. The highest BCUT2D eigenvalue weighted by Gasteiger charge is 2.28. The van der Waals surface area contributed by atoms with Gasteiger partial charge in [0.15, 0.2) is 23.3 Å². The number of hydrogen-bond donors (Lipinski definition) is 0. The zero-order valence-electron chi connectivity index (χ0n) is 20.2. The molecule has 0 aliphatic carbocycles. The van der Waals surface area contributed by atoms with Crippen LogP contribution in [0.25, 0.3) is 17.2 Å². The van der Waals surface area contributed by atoms with Gasteiger partial charge in [0.2, 0.25) is 0 Å². The molecular weight excluding hydrogens is 471 g/mol. The average Bonchev–Trinajstić information content (AvgIpc) is 2.88. The predicted octanol–water partition coefficient (Wildman–Crippen LogP) is 8.54. The summed E-state index contributed by atoms with van der Waals surface area (Å²) in [4.78, 5) is 0. The van der Waals surface area contributed by atoms with Crippen molar-refractivity contribution in [3.63, 3.8) is 0 Å². The van der Waals surface area contributed by atoms with Crippen LogP contribution in [0.4, 0.5) is 22.0 Å². The van der Waals surface area contributed by atoms with E-state index in [-0.39, 0.29) is 47.1 Å². The summed E-state index contributed by atoms with van der Waals surface area (Å²) in [5.41, 5.74) is 0.500. The van der Waals surface area contributed by atoms with Crippen LogP contribution in [0.3, 0.4) is 0 Å². The Morgan fingerprint density at radius 2 is 1.50 bits per heavy atom. The van der Waals surface area contributed by atoms with Crippen molar-refractivity contribution in [1.82, 2.24) is 0 Å². The van der Waals surface area contributed by atoms with Crippen LogP contribution < -0.4 is 0 Å². The number of halogens is 5. The Balaban J connectivity index is 1.53. The van der Waals surface area contributed by atoms with Gasteiger partial charge in [-0.2, -0.15) is 0 Å². The minimum atomic E-state index is -1.26. The van der Waals surface area contributed by atoms with Gasteiger partial charge in [-0.15, -0.1) is 0 Å². The largest absolute Gasteiger partial charge is 0.378 e. The van der Waals surface area contributed by atoms with Crippen LogP contribution in [0.5, 0.6) is 0 Å². The second kappa shape index (κ2) is 11.4. The van der Waals surface area contributed by atoms with Crippen molar-refractivity contribution >= 4 is 6.08 Å². The first-order valence-electron chi connectivity index (χ1n) is 12.3. The summed E-state index contributed by atoms with van der Waals surface area (Å²) in [5.74, 6) is -5.42. The van der Waals surface area contributed by atoms with Gasteiger partial charge in [0.05, 0.1) is 12.7 Å². The molecule has 1 nitrogen and oxygen atoms in total. The maximum atomic E-state index is 15.0. The normalized spacial score (nSPS) is 17.8. The van der Waals surface area contributed by atoms with Crippen molar-refractivity contribution < 1.29 is 26.7 Å². The molecule has 0 amide bonds. The number of rotatable bonds is 8. The van der Waals surface area contributed by atoms with E-state index in [9.17, 15) is 13.2 Å². The van der Waals surface area contributed by atoms with E-state index >= 15 is 8.78 Å². The number of hydrogen-bond acceptors (Lipinski definition) is 1. The summed E-state index contributed by atoms with van der Waals surface area (Å²) in [7, 11) is 0. The van der Waals surface area contributed by atoms with E-state index < -0.39 is 29.1 Å². The van der Waals surface area contributed by atoms with Gasteiger partial charge in [-0.25, -0.2) is 22.0 Å². The summed E-state index contributed by atoms with van der Waals surface area (Å²) in [6.07, 6.45) is 5.22. The van der Waals surface area contributed by atoms with Crippen molar-refractivity contribution in [2.45, 2.75) is 57.5 Å². The average molecular weight is 501 g/mol. The minimum absolute atomic E-state index is 0.0296. The van der Waals surface area contributed by atoms with Crippen LogP contribution in [0.1, 0.15) is 60.8 Å². The summed E-state index contributed by atoms with van der Waals surface area (Å²) in [5, 5.41) is 0. The van der Waals surface area contributed by atoms with Gasteiger partial charge in [0, 0.05) is 17.0 Å². The highest BCUT2D eigenvalue weighted by molar-refractivity contribution is 5.66. The maximum Gasteiger partial charge on any atom is 0.167 e. The fourth-order valence-electron chi connectivity index (χ4n) is 4.84. The summed E-state index contributed by atoms with van der Waals surface area (Å²) in [6.45, 7) is 5.95. The molecule has 0 saturated carbocycles. The molecule has 0 bridgehead atoms. The Hall–Kier alpha value is -2.99. The first-order valence-corrected chi connectivity index (χ1v) is 12.3. The van der Waals surface area contributed by atoms with Crippen LogP contribution in [-0.4, -0.2) is 12.7 Å². The lowest BCUT2D eigenvalue weighted by atomic mass is 9.88. The second-order valence-electron chi connectivity index (χ2n) is 9.30. The number of ether oxygens (including phenoxy) is 1. The van der Waals surface area contributed by atoms with Gasteiger partial charge in [-0.1, -0.05) is 62.4 Å². The van der Waals surface area contributed by atoms with Crippen molar-refractivity contribution in [3.05, 3.63) is 100 Å². The molecule has 2 unspecified atom stereocenters. The zero-order chi connectivity index (χ0) is 25.8. The molecule has 0 spiro atoms. The molecule has 190 valence electrons. The van der Waals surface area contributed by atoms with Crippen molar-refractivity contribution in [2.75, 3.05) is 6.61 Å². The lowest BCUT2D eigenvalue weighted by Gasteiger charge is -2.29. The van der Waals surface area contributed by atoms with Crippen LogP contribution in [0.15, 0.2) is 49.0 Å². The molecule has 6 heteroatoms. The molecule has 1 aliphatic heterocycles. The number of aryl methyl sites for hydroxylation is 2. The van der Waals surface area contributed by atoms with Crippen molar-refractivity contribution in [2.24, 2.45) is 0 Å². The summed E-state index contributed by atoms with van der Waals surface area (Å²) >= 11 is 0. The Labute approximate surface area is 208 Å². The molecule has 3 aromatic rings. The van der Waals surface area contributed by atoms with Gasteiger partial charge in [0.25, 0.3) is 0 Å². The van der Waals surface area contributed by atoms with E-state index in [1.54, 1.807) is 12.1 Å². The third kappa shape index (κ3) is 5.39. The molecule has 1 fully saturated rings. The Morgan fingerprint density at radius 3 is 2.14 bits per heavy atom. The quantitative estimate of drug-likeness (QED) is 0.282. The molecule has 36 heavy (non-hydrogen) atoms. The molecule has 1 heterocycles. The molecule has 0 aromatic heterocycles. The van der Waals surface area contributed by atoms with Gasteiger partial charge >= 0.3 is 0 Å². The fourth-order valence-corrected chi connectivity index (χ4v) is 4.84. The van der Waals surface area contributed by atoms with Crippen LogP contribution in [0, 0.1) is 29.1 Å². The highest BCUT2D eigenvalue weighted by atomic mass is 19.2. The van der Waals surface area contributed by atoms with Gasteiger partial charge in [0.1, 0.15) is 5.82 Å². The lowest BCUT2D eigenvalue weighted by molar-refractivity contribution is -0.00181. The third-order valence-corrected chi connectivity index (χ3v) is 6.96. The highest BCUT2D eigenvalue weighted by Crippen LogP contribution is 2.36. The first-order chi connectivity index (χ1) is 17.3. The Kier molecular flexibility index (Phi) is 8.24. The predicted molar refractivity (Wildman–Crippen MR) is 132 cm³/mol. The smallest absolute Gasteiger partial charge is 0.167 e. The molecular formula is C30H29F5O. The van der Waals surface area contributed by atoms with Crippen LogP contribution in [-0.2, 0) is 17.6 Å². The minimum Gasteiger partial charge on any atom is -0.378 e.